The molecule has 1 heterocycles. The summed E-state index contributed by atoms with van der Waals surface area (Å²) in [7, 11) is 0. The van der Waals surface area contributed by atoms with Crippen LogP contribution in [0.15, 0.2) is 69.1 Å². The second-order valence-corrected chi connectivity index (χ2v) is 6.82. The average Bonchev–Trinajstić information content (AvgIpc) is 2.85. The normalized spacial score (nSPS) is 20.6. The molecule has 5 heteroatoms. The van der Waals surface area contributed by atoms with Crippen LogP contribution < -0.4 is 5.73 Å². The van der Waals surface area contributed by atoms with Gasteiger partial charge in [-0.05, 0) is 24.0 Å². The van der Waals surface area contributed by atoms with Gasteiger partial charge in [0.05, 0.1) is 0 Å². The van der Waals surface area contributed by atoms with E-state index < -0.39 is 5.66 Å². The fraction of sp³-hybridized carbons (Fsp3) is 0.176. The number of nitrogens with zero attached hydrogens (tertiary/aromatic N) is 2. The molecule has 1 aliphatic heterocycles. The van der Waals surface area contributed by atoms with Crippen LogP contribution in [-0.2, 0) is 12.1 Å². The van der Waals surface area contributed by atoms with Crippen molar-refractivity contribution in [2.24, 2.45) is 15.7 Å². The van der Waals surface area contributed by atoms with Crippen LogP contribution in [0.3, 0.4) is 0 Å². The van der Waals surface area contributed by atoms with Crippen LogP contribution >= 0.6 is 27.7 Å². The molecular weight excluding hydrogens is 358 g/mol. The van der Waals surface area contributed by atoms with Gasteiger partial charge in [0.25, 0.3) is 0 Å². The number of rotatable bonds is 3. The lowest BCUT2D eigenvalue weighted by Crippen LogP contribution is -2.23. The van der Waals surface area contributed by atoms with Crippen LogP contribution in [0, 0.1) is 0 Å². The van der Waals surface area contributed by atoms with Crippen molar-refractivity contribution in [2.45, 2.75) is 12.1 Å². The predicted octanol–water partition coefficient (Wildman–Crippen LogP) is 3.98. The van der Waals surface area contributed by atoms with Gasteiger partial charge in [-0.25, -0.2) is 9.98 Å². The van der Waals surface area contributed by atoms with Gasteiger partial charge in [-0.3, -0.25) is 0 Å². The molecule has 0 fully saturated rings. The molecule has 0 bridgehead atoms. The molecule has 0 unspecified atom stereocenters. The van der Waals surface area contributed by atoms with Crippen molar-refractivity contribution in [3.63, 3.8) is 0 Å². The highest BCUT2D eigenvalue weighted by Gasteiger charge is 2.37. The monoisotopic (exact) mass is 373 g/mol. The van der Waals surface area contributed by atoms with Gasteiger partial charge in [-0.1, -0.05) is 58.4 Å². The van der Waals surface area contributed by atoms with Gasteiger partial charge in [0.1, 0.15) is 5.04 Å². The zero-order valence-corrected chi connectivity index (χ0v) is 14.6. The fourth-order valence-electron chi connectivity index (χ4n) is 2.58. The highest BCUT2D eigenvalue weighted by molar-refractivity contribution is 9.10. The quantitative estimate of drug-likeness (QED) is 0.884. The molecule has 2 aromatic rings. The Kier molecular flexibility index (Phi) is 4.36. The van der Waals surface area contributed by atoms with E-state index in [2.05, 4.69) is 40.2 Å². The molecule has 0 aromatic heterocycles. The average molecular weight is 374 g/mol. The first-order valence-corrected chi connectivity index (χ1v) is 8.94. The molecule has 0 amide bonds. The maximum Gasteiger partial charge on any atom is 0.183 e. The second kappa shape index (κ2) is 6.26. The van der Waals surface area contributed by atoms with E-state index in [1.165, 1.54) is 17.3 Å². The molecule has 2 aromatic carbocycles. The van der Waals surface area contributed by atoms with E-state index >= 15 is 0 Å². The highest BCUT2D eigenvalue weighted by atomic mass is 79.9. The minimum atomic E-state index is -0.673. The Morgan fingerprint density at radius 1 is 1.09 bits per heavy atom. The molecule has 0 saturated heterocycles. The minimum Gasteiger partial charge on any atom is -0.382 e. The Morgan fingerprint density at radius 2 is 1.86 bits per heavy atom. The summed E-state index contributed by atoms with van der Waals surface area (Å²) < 4.78 is 1.01. The fourth-order valence-corrected chi connectivity index (χ4v) is 3.47. The van der Waals surface area contributed by atoms with E-state index in [0.29, 0.717) is 12.3 Å². The lowest BCUT2D eigenvalue weighted by Gasteiger charge is -2.24. The third-order valence-electron chi connectivity index (χ3n) is 3.58. The zero-order valence-electron chi connectivity index (χ0n) is 12.2. The van der Waals surface area contributed by atoms with E-state index in [0.717, 1.165) is 15.1 Å². The Bertz CT molecular complexity index is 743. The number of thioether (sulfide) groups is 1. The highest BCUT2D eigenvalue weighted by Crippen LogP contribution is 2.37. The molecule has 2 N–H and O–H groups in total. The van der Waals surface area contributed by atoms with Crippen LogP contribution in [0.4, 0.5) is 0 Å². The summed E-state index contributed by atoms with van der Waals surface area (Å²) in [6.45, 7) is 0. The smallest absolute Gasteiger partial charge is 0.183 e. The molecule has 0 saturated carbocycles. The predicted molar refractivity (Wildman–Crippen MR) is 98.5 cm³/mol. The molecular formula is C17H16BrN3S. The van der Waals surface area contributed by atoms with Crippen molar-refractivity contribution < 1.29 is 0 Å². The number of amidine groups is 1. The molecule has 22 heavy (non-hydrogen) atoms. The van der Waals surface area contributed by atoms with Crippen LogP contribution in [0.5, 0.6) is 0 Å². The van der Waals surface area contributed by atoms with E-state index in [4.69, 9.17) is 15.7 Å². The number of nitrogens with two attached hydrogens (primary N) is 1. The Labute approximate surface area is 142 Å². The lowest BCUT2D eigenvalue weighted by atomic mass is 9.93. The largest absolute Gasteiger partial charge is 0.382 e. The van der Waals surface area contributed by atoms with Gasteiger partial charge in [-0.2, -0.15) is 0 Å². The van der Waals surface area contributed by atoms with E-state index in [-0.39, 0.29) is 0 Å². The van der Waals surface area contributed by atoms with Gasteiger partial charge in [0.2, 0.25) is 0 Å². The maximum atomic E-state index is 6.08. The molecule has 112 valence electrons. The SMILES string of the molecule is CSC1=N[C@](Cc2ccccc2)(c2cccc(Br)c2)N=C1N. The van der Waals surface area contributed by atoms with Crippen LogP contribution in [-0.4, -0.2) is 17.1 Å². The van der Waals surface area contributed by atoms with Crippen LogP contribution in [0.25, 0.3) is 0 Å². The summed E-state index contributed by atoms with van der Waals surface area (Å²) in [6, 6.07) is 18.4. The van der Waals surface area contributed by atoms with Crippen molar-refractivity contribution in [3.05, 3.63) is 70.2 Å². The molecule has 3 rings (SSSR count). The van der Waals surface area contributed by atoms with Crippen LogP contribution in [0.2, 0.25) is 0 Å². The van der Waals surface area contributed by atoms with Crippen molar-refractivity contribution in [3.8, 4) is 0 Å². The first-order valence-electron chi connectivity index (χ1n) is 6.92. The lowest BCUT2D eigenvalue weighted by molar-refractivity contribution is 0.480. The number of halogens is 1. The van der Waals surface area contributed by atoms with Gasteiger partial charge in [-0.15, -0.1) is 11.8 Å². The third kappa shape index (κ3) is 2.96. The molecule has 1 atom stereocenters. The van der Waals surface area contributed by atoms with Crippen molar-refractivity contribution in [2.75, 3.05) is 6.26 Å². The van der Waals surface area contributed by atoms with E-state index in [9.17, 15) is 0 Å². The molecule has 0 aliphatic carbocycles. The number of hydrogen-bond donors (Lipinski definition) is 1. The Balaban J connectivity index is 2.10. The Morgan fingerprint density at radius 3 is 2.50 bits per heavy atom. The molecule has 0 spiro atoms. The summed E-state index contributed by atoms with van der Waals surface area (Å²) in [5, 5.41) is 0.802. The third-order valence-corrected chi connectivity index (χ3v) is 4.77. The zero-order chi connectivity index (χ0) is 15.6. The summed E-state index contributed by atoms with van der Waals surface area (Å²) in [5.41, 5.74) is 7.63. The number of hydrogen-bond acceptors (Lipinski definition) is 4. The second-order valence-electron chi connectivity index (χ2n) is 5.11. The summed E-state index contributed by atoms with van der Waals surface area (Å²) >= 11 is 5.07. The molecule has 3 nitrogen and oxygen atoms in total. The van der Waals surface area contributed by atoms with Crippen molar-refractivity contribution >= 4 is 38.6 Å². The standard InChI is InChI=1S/C17H16BrN3S/c1-22-16-15(19)20-17(21-16,11-12-6-3-2-4-7-12)13-8-5-9-14(18)10-13/h2-10H,11H2,1H3,(H2,19,20)/t17-/m1/s1. The summed E-state index contributed by atoms with van der Waals surface area (Å²) in [4.78, 5) is 9.58. The first kappa shape index (κ1) is 15.3. The van der Waals surface area contributed by atoms with Gasteiger partial charge in [0.15, 0.2) is 11.5 Å². The first-order chi connectivity index (χ1) is 10.6. The molecule has 0 radical (unpaired) electrons. The number of benzene rings is 2. The van der Waals surface area contributed by atoms with Gasteiger partial charge < -0.3 is 5.73 Å². The van der Waals surface area contributed by atoms with Crippen molar-refractivity contribution in [1.82, 2.24) is 0 Å². The van der Waals surface area contributed by atoms with Crippen molar-refractivity contribution in [1.29, 1.82) is 0 Å². The Hall–Kier alpha value is -1.59. The van der Waals surface area contributed by atoms with Gasteiger partial charge in [0, 0.05) is 16.5 Å². The van der Waals surface area contributed by atoms with Crippen LogP contribution in [0.1, 0.15) is 11.1 Å². The van der Waals surface area contributed by atoms with Gasteiger partial charge >= 0.3 is 0 Å². The minimum absolute atomic E-state index is 0.517. The molecule has 1 aliphatic rings. The summed E-state index contributed by atoms with van der Waals surface area (Å²) in [6.07, 6.45) is 2.66. The number of aliphatic imine (C=N–C) groups is 2. The maximum absolute atomic E-state index is 6.08. The van der Waals surface area contributed by atoms with E-state index in [1.54, 1.807) is 0 Å². The topological polar surface area (TPSA) is 50.7 Å². The summed E-state index contributed by atoms with van der Waals surface area (Å²) in [5.74, 6) is 0.517. The van der Waals surface area contributed by atoms with E-state index in [1.807, 2.05) is 36.6 Å².